The van der Waals surface area contributed by atoms with Gasteiger partial charge in [-0.3, -0.25) is 0 Å². The van der Waals surface area contributed by atoms with E-state index in [4.69, 9.17) is 4.74 Å². The summed E-state index contributed by atoms with van der Waals surface area (Å²) in [5.41, 5.74) is -1.77. The Balaban J connectivity index is 2.77. The first-order valence-electron chi connectivity index (χ1n) is 4.33. The van der Waals surface area contributed by atoms with Gasteiger partial charge in [-0.2, -0.15) is 0 Å². The Morgan fingerprint density at radius 3 is 2.57 bits per heavy atom. The van der Waals surface area contributed by atoms with Crippen molar-refractivity contribution < 1.29 is 27.2 Å². The van der Waals surface area contributed by atoms with E-state index in [9.17, 15) is 17.7 Å². The molecule has 1 aliphatic rings. The maximum Gasteiger partial charge on any atom is 0.481 e. The lowest BCUT2D eigenvalue weighted by Crippen LogP contribution is -2.44. The minimum absolute atomic E-state index is 0.0843. The summed E-state index contributed by atoms with van der Waals surface area (Å²) in [5.74, 6) is -0.922. The van der Waals surface area contributed by atoms with Gasteiger partial charge in [0.05, 0.1) is 7.11 Å². The third-order valence-corrected chi connectivity index (χ3v) is 2.22. The van der Waals surface area contributed by atoms with Gasteiger partial charge >= 0.3 is 12.9 Å². The van der Waals surface area contributed by atoms with Gasteiger partial charge in [-0.15, -0.1) is 0 Å². The quantitative estimate of drug-likeness (QED) is 0.524. The van der Waals surface area contributed by atoms with Crippen molar-refractivity contribution in [3.63, 3.8) is 0 Å². The van der Waals surface area contributed by atoms with E-state index in [0.717, 1.165) is 7.11 Å². The van der Waals surface area contributed by atoms with Crippen molar-refractivity contribution in [3.05, 3.63) is 0 Å². The Labute approximate surface area is 79.6 Å². The minimum atomic E-state index is -5.04. The number of esters is 1. The highest BCUT2D eigenvalue weighted by Crippen LogP contribution is 2.36. The lowest BCUT2D eigenvalue weighted by atomic mass is 9.74. The molecule has 0 N–H and O–H groups in total. The Hall–Kier alpha value is -0.715. The normalized spacial score (nSPS) is 27.7. The third kappa shape index (κ3) is 2.40. The standard InChI is InChI=1S/C7H11BF3O3/c1-13-6(12)7(3-2-4-14-7)5-8(9,10)11/h2-5H2,1H3/q-1. The summed E-state index contributed by atoms with van der Waals surface area (Å²) in [6.45, 7) is -4.86. The van der Waals surface area contributed by atoms with Crippen LogP contribution in [0.4, 0.5) is 12.9 Å². The molecule has 1 rings (SSSR count). The van der Waals surface area contributed by atoms with E-state index in [2.05, 4.69) is 4.74 Å². The molecular weight excluding hydrogens is 200 g/mol. The minimum Gasteiger partial charge on any atom is -0.467 e. The molecule has 0 radical (unpaired) electrons. The van der Waals surface area contributed by atoms with Crippen LogP contribution in [0.2, 0.25) is 6.32 Å². The molecule has 1 heterocycles. The molecule has 0 spiro atoms. The van der Waals surface area contributed by atoms with E-state index in [1.807, 2.05) is 0 Å². The first kappa shape index (κ1) is 11.4. The second-order valence-corrected chi connectivity index (χ2v) is 3.35. The smallest absolute Gasteiger partial charge is 0.467 e. The Kier molecular flexibility index (Phi) is 3.09. The molecule has 3 nitrogen and oxygen atoms in total. The molecule has 14 heavy (non-hydrogen) atoms. The van der Waals surface area contributed by atoms with Crippen molar-refractivity contribution in [2.75, 3.05) is 13.7 Å². The predicted molar refractivity (Wildman–Crippen MR) is 43.8 cm³/mol. The number of carbonyl (C=O) groups is 1. The predicted octanol–water partition coefficient (Wildman–Crippen LogP) is 1.56. The molecule has 0 aromatic carbocycles. The van der Waals surface area contributed by atoms with Gasteiger partial charge < -0.3 is 22.4 Å². The number of methoxy groups -OCH3 is 1. The zero-order valence-electron chi connectivity index (χ0n) is 7.76. The van der Waals surface area contributed by atoms with Crippen molar-refractivity contribution in [3.8, 4) is 0 Å². The van der Waals surface area contributed by atoms with E-state index in [-0.39, 0.29) is 13.0 Å². The van der Waals surface area contributed by atoms with Crippen molar-refractivity contribution >= 4 is 12.9 Å². The Morgan fingerprint density at radius 2 is 2.21 bits per heavy atom. The fraction of sp³-hybridized carbons (Fsp3) is 0.857. The zero-order valence-corrected chi connectivity index (χ0v) is 7.76. The van der Waals surface area contributed by atoms with E-state index in [0.29, 0.717) is 6.42 Å². The summed E-state index contributed by atoms with van der Waals surface area (Å²) in [6, 6.07) is 0. The van der Waals surface area contributed by atoms with Crippen molar-refractivity contribution in [1.82, 2.24) is 0 Å². The largest absolute Gasteiger partial charge is 0.481 e. The van der Waals surface area contributed by atoms with Gasteiger partial charge in [-0.25, -0.2) is 4.79 Å². The summed E-state index contributed by atoms with van der Waals surface area (Å²) in [7, 11) is 1.06. The maximum atomic E-state index is 12.2. The molecule has 7 heteroatoms. The van der Waals surface area contributed by atoms with Crippen LogP contribution in [0.5, 0.6) is 0 Å². The number of halogens is 3. The average Bonchev–Trinajstić information content (AvgIpc) is 2.49. The van der Waals surface area contributed by atoms with Crippen LogP contribution < -0.4 is 0 Å². The van der Waals surface area contributed by atoms with E-state index in [1.165, 1.54) is 0 Å². The molecule has 1 fully saturated rings. The van der Waals surface area contributed by atoms with Crippen molar-refractivity contribution in [2.45, 2.75) is 24.8 Å². The molecule has 0 aromatic rings. The Bertz CT molecular complexity index is 223. The summed E-state index contributed by atoms with van der Waals surface area (Å²) in [6.07, 6.45) is -0.665. The molecule has 1 unspecified atom stereocenters. The maximum absolute atomic E-state index is 12.2. The second kappa shape index (κ2) is 3.80. The van der Waals surface area contributed by atoms with Crippen LogP contribution in [0, 0.1) is 0 Å². The molecule has 1 saturated heterocycles. The average molecular weight is 211 g/mol. The fourth-order valence-corrected chi connectivity index (χ4v) is 1.66. The highest BCUT2D eigenvalue weighted by molar-refractivity contribution is 6.59. The van der Waals surface area contributed by atoms with Crippen LogP contribution in [0.15, 0.2) is 0 Å². The summed E-state index contributed by atoms with van der Waals surface area (Å²) < 4.78 is 45.9. The molecule has 0 aromatic heterocycles. The first-order valence-corrected chi connectivity index (χ1v) is 4.33. The van der Waals surface area contributed by atoms with Crippen molar-refractivity contribution in [2.24, 2.45) is 0 Å². The van der Waals surface area contributed by atoms with E-state index < -0.39 is 24.9 Å². The first-order chi connectivity index (χ1) is 6.40. The van der Waals surface area contributed by atoms with Crippen LogP contribution in [-0.4, -0.2) is 32.3 Å². The molecule has 0 aliphatic carbocycles. The fourth-order valence-electron chi connectivity index (χ4n) is 1.66. The molecule has 0 saturated carbocycles. The number of carbonyl (C=O) groups excluding carboxylic acids is 1. The van der Waals surface area contributed by atoms with Crippen LogP contribution in [0.3, 0.4) is 0 Å². The van der Waals surface area contributed by atoms with Gasteiger partial charge in [0.1, 0.15) is 5.60 Å². The Morgan fingerprint density at radius 1 is 1.57 bits per heavy atom. The van der Waals surface area contributed by atoms with Crippen LogP contribution in [-0.2, 0) is 14.3 Å². The van der Waals surface area contributed by atoms with Crippen LogP contribution in [0.25, 0.3) is 0 Å². The summed E-state index contributed by atoms with van der Waals surface area (Å²) >= 11 is 0. The van der Waals surface area contributed by atoms with Crippen LogP contribution >= 0.6 is 0 Å². The van der Waals surface area contributed by atoms with E-state index >= 15 is 0 Å². The second-order valence-electron chi connectivity index (χ2n) is 3.35. The SMILES string of the molecule is COC(=O)C1(C[B-](F)(F)F)CCCO1. The van der Waals surface area contributed by atoms with Crippen molar-refractivity contribution in [1.29, 1.82) is 0 Å². The highest BCUT2D eigenvalue weighted by Gasteiger charge is 2.48. The highest BCUT2D eigenvalue weighted by atomic mass is 19.4. The molecule has 0 bridgehead atoms. The van der Waals surface area contributed by atoms with Gasteiger partial charge in [0.15, 0.2) is 0 Å². The molecule has 0 amide bonds. The molecular formula is C7H11BF3O3-. The van der Waals surface area contributed by atoms with Gasteiger partial charge in [0, 0.05) is 6.61 Å². The monoisotopic (exact) mass is 211 g/mol. The summed E-state index contributed by atoms with van der Waals surface area (Å²) in [5, 5.41) is 0. The number of hydrogen-bond donors (Lipinski definition) is 0. The lowest BCUT2D eigenvalue weighted by Gasteiger charge is -2.30. The third-order valence-electron chi connectivity index (χ3n) is 2.22. The van der Waals surface area contributed by atoms with Gasteiger partial charge in [-0.05, 0) is 19.2 Å². The van der Waals surface area contributed by atoms with Gasteiger partial charge in [0.25, 0.3) is 0 Å². The molecule has 1 atom stereocenters. The topological polar surface area (TPSA) is 35.5 Å². The lowest BCUT2D eigenvalue weighted by molar-refractivity contribution is -0.162. The number of hydrogen-bond acceptors (Lipinski definition) is 3. The zero-order chi connectivity index (χ0) is 10.8. The van der Waals surface area contributed by atoms with Crippen LogP contribution in [0.1, 0.15) is 12.8 Å². The number of ether oxygens (including phenoxy) is 2. The summed E-state index contributed by atoms with van der Waals surface area (Å²) in [4.78, 5) is 11.2. The van der Waals surface area contributed by atoms with Gasteiger partial charge in [-0.1, -0.05) is 0 Å². The molecule has 1 aliphatic heterocycles. The van der Waals surface area contributed by atoms with Gasteiger partial charge in [0.2, 0.25) is 0 Å². The van der Waals surface area contributed by atoms with E-state index in [1.54, 1.807) is 0 Å². The number of rotatable bonds is 3. The molecule has 82 valence electrons.